The maximum Gasteiger partial charge on any atom is 0.236 e. The third kappa shape index (κ3) is 4.76. The lowest BCUT2D eigenvalue weighted by molar-refractivity contribution is -0.120. The standard InChI is InChI=1S/C22H24N4O2S2/c1-22(2,18-13-29-21(25-18)26-30-17-9-10-17)20(27)24-16-7-4-14(5-8-16)15-6-11-19(28-3)23-12-15/h4-8,11-13,17H,9-10H2,1-3H3,(H,24,27)(H,25,26). The summed E-state index contributed by atoms with van der Waals surface area (Å²) in [5.41, 5.74) is 2.78. The van der Waals surface area contributed by atoms with Crippen molar-refractivity contribution in [3.05, 3.63) is 53.7 Å². The van der Waals surface area contributed by atoms with Crippen molar-refractivity contribution in [3.63, 3.8) is 0 Å². The molecular weight excluding hydrogens is 416 g/mol. The molecule has 1 aliphatic carbocycles. The largest absolute Gasteiger partial charge is 0.481 e. The van der Waals surface area contributed by atoms with Gasteiger partial charge in [0.05, 0.1) is 18.2 Å². The molecule has 30 heavy (non-hydrogen) atoms. The van der Waals surface area contributed by atoms with Crippen molar-refractivity contribution < 1.29 is 9.53 Å². The molecule has 0 bridgehead atoms. The first kappa shape index (κ1) is 20.7. The lowest BCUT2D eigenvalue weighted by Gasteiger charge is -2.21. The van der Waals surface area contributed by atoms with Crippen LogP contribution >= 0.6 is 23.3 Å². The minimum absolute atomic E-state index is 0.0898. The molecule has 0 spiro atoms. The fourth-order valence-corrected chi connectivity index (χ4v) is 4.49. The van der Waals surface area contributed by atoms with Crippen LogP contribution in [-0.2, 0) is 10.2 Å². The van der Waals surface area contributed by atoms with E-state index < -0.39 is 5.41 Å². The molecule has 1 amide bonds. The van der Waals surface area contributed by atoms with Crippen LogP contribution in [0, 0.1) is 0 Å². The molecule has 1 fully saturated rings. The van der Waals surface area contributed by atoms with E-state index in [2.05, 4.69) is 20.0 Å². The summed E-state index contributed by atoms with van der Waals surface area (Å²) in [6.07, 6.45) is 4.29. The number of hydrogen-bond donors (Lipinski definition) is 2. The number of hydrogen-bond acceptors (Lipinski definition) is 7. The highest BCUT2D eigenvalue weighted by molar-refractivity contribution is 8.01. The summed E-state index contributed by atoms with van der Waals surface area (Å²) in [5.74, 6) is 0.490. The molecule has 2 heterocycles. The molecule has 0 radical (unpaired) electrons. The molecule has 0 unspecified atom stereocenters. The van der Waals surface area contributed by atoms with Gasteiger partial charge in [-0.1, -0.05) is 12.1 Å². The number of rotatable bonds is 8. The normalized spacial score (nSPS) is 13.7. The molecule has 6 nitrogen and oxygen atoms in total. The summed E-state index contributed by atoms with van der Waals surface area (Å²) in [6, 6.07) is 11.5. The molecule has 1 aromatic carbocycles. The monoisotopic (exact) mass is 440 g/mol. The van der Waals surface area contributed by atoms with E-state index in [4.69, 9.17) is 4.74 Å². The summed E-state index contributed by atoms with van der Waals surface area (Å²) in [4.78, 5) is 21.8. The first-order valence-corrected chi connectivity index (χ1v) is 11.5. The second-order valence-electron chi connectivity index (χ2n) is 7.70. The Kier molecular flexibility index (Phi) is 5.97. The van der Waals surface area contributed by atoms with Crippen molar-refractivity contribution in [1.82, 2.24) is 9.97 Å². The van der Waals surface area contributed by atoms with Crippen LogP contribution in [0.2, 0.25) is 0 Å². The number of aromatic nitrogens is 2. The van der Waals surface area contributed by atoms with Gasteiger partial charge in [-0.05, 0) is 62.4 Å². The Balaban J connectivity index is 1.40. The quantitative estimate of drug-likeness (QED) is 0.460. The summed E-state index contributed by atoms with van der Waals surface area (Å²) in [7, 11) is 1.59. The first-order valence-electron chi connectivity index (χ1n) is 9.75. The number of nitrogens with one attached hydrogen (secondary N) is 2. The minimum atomic E-state index is -0.737. The van der Waals surface area contributed by atoms with E-state index in [9.17, 15) is 4.79 Å². The van der Waals surface area contributed by atoms with Gasteiger partial charge in [-0.15, -0.1) is 11.3 Å². The number of thiazole rings is 1. The van der Waals surface area contributed by atoms with Crippen LogP contribution in [-0.4, -0.2) is 28.2 Å². The first-order chi connectivity index (χ1) is 14.5. The predicted octanol–water partition coefficient (Wildman–Crippen LogP) is 5.35. The van der Waals surface area contributed by atoms with Crippen LogP contribution < -0.4 is 14.8 Å². The van der Waals surface area contributed by atoms with Crippen molar-refractivity contribution in [3.8, 4) is 17.0 Å². The third-order valence-electron chi connectivity index (χ3n) is 4.97. The Labute approximate surface area is 184 Å². The van der Waals surface area contributed by atoms with Crippen molar-refractivity contribution in [2.24, 2.45) is 0 Å². The van der Waals surface area contributed by atoms with E-state index in [0.29, 0.717) is 11.1 Å². The number of carbonyl (C=O) groups is 1. The molecule has 3 aromatic rings. The van der Waals surface area contributed by atoms with E-state index in [0.717, 1.165) is 27.6 Å². The van der Waals surface area contributed by atoms with Crippen molar-refractivity contribution in [2.45, 2.75) is 37.4 Å². The Hall–Kier alpha value is -2.58. The highest BCUT2D eigenvalue weighted by atomic mass is 32.2. The predicted molar refractivity (Wildman–Crippen MR) is 124 cm³/mol. The van der Waals surface area contributed by atoms with Gasteiger partial charge in [0.15, 0.2) is 5.13 Å². The number of benzene rings is 1. The number of pyridine rings is 1. The molecular formula is C22H24N4O2S2. The van der Waals surface area contributed by atoms with Crippen LogP contribution in [0.5, 0.6) is 5.88 Å². The average Bonchev–Trinajstić information content (AvgIpc) is 3.47. The van der Waals surface area contributed by atoms with Gasteiger partial charge in [-0.3, -0.25) is 4.79 Å². The van der Waals surface area contributed by atoms with Crippen LogP contribution in [0.4, 0.5) is 10.8 Å². The highest BCUT2D eigenvalue weighted by Gasteiger charge is 2.33. The molecule has 156 valence electrons. The van der Waals surface area contributed by atoms with E-state index in [1.807, 2.05) is 55.6 Å². The van der Waals surface area contributed by atoms with Gasteiger partial charge >= 0.3 is 0 Å². The fourth-order valence-electron chi connectivity index (χ4n) is 2.75. The molecule has 1 aliphatic rings. The van der Waals surface area contributed by atoms with Crippen LogP contribution in [0.25, 0.3) is 11.1 Å². The molecule has 0 saturated heterocycles. The second kappa shape index (κ2) is 8.65. The van der Waals surface area contributed by atoms with Gasteiger partial charge in [0.1, 0.15) is 0 Å². The van der Waals surface area contributed by atoms with Crippen molar-refractivity contribution >= 4 is 40.0 Å². The van der Waals surface area contributed by atoms with E-state index >= 15 is 0 Å². The molecule has 8 heteroatoms. The smallest absolute Gasteiger partial charge is 0.236 e. The number of ether oxygens (including phenoxy) is 1. The highest BCUT2D eigenvalue weighted by Crippen LogP contribution is 2.36. The van der Waals surface area contributed by atoms with E-state index in [-0.39, 0.29) is 5.91 Å². The van der Waals surface area contributed by atoms with Gasteiger partial charge in [0, 0.05) is 34.1 Å². The van der Waals surface area contributed by atoms with Crippen LogP contribution in [0.3, 0.4) is 0 Å². The maximum atomic E-state index is 12.9. The minimum Gasteiger partial charge on any atom is -0.481 e. The summed E-state index contributed by atoms with van der Waals surface area (Å²) in [6.45, 7) is 3.79. The SMILES string of the molecule is COc1ccc(-c2ccc(NC(=O)C(C)(C)c3csc(NSC4CC4)n3)cc2)cn1. The third-order valence-corrected chi connectivity index (χ3v) is 6.97. The zero-order valence-electron chi connectivity index (χ0n) is 17.1. The Bertz CT molecular complexity index is 1010. The summed E-state index contributed by atoms with van der Waals surface area (Å²) >= 11 is 3.25. The maximum absolute atomic E-state index is 12.9. The zero-order chi connectivity index (χ0) is 21.1. The summed E-state index contributed by atoms with van der Waals surface area (Å²) < 4.78 is 8.39. The van der Waals surface area contributed by atoms with Gasteiger partial charge in [0.25, 0.3) is 0 Å². The van der Waals surface area contributed by atoms with Gasteiger partial charge < -0.3 is 14.8 Å². The number of nitrogens with zero attached hydrogens (tertiary/aromatic N) is 2. The van der Waals surface area contributed by atoms with Crippen LogP contribution in [0.15, 0.2) is 48.0 Å². The van der Waals surface area contributed by atoms with Gasteiger partial charge in [0.2, 0.25) is 11.8 Å². The Morgan fingerprint density at radius 1 is 1.17 bits per heavy atom. The zero-order valence-corrected chi connectivity index (χ0v) is 18.8. The molecule has 2 aromatic heterocycles. The topological polar surface area (TPSA) is 76.1 Å². The molecule has 1 saturated carbocycles. The number of anilines is 2. The Morgan fingerprint density at radius 2 is 1.90 bits per heavy atom. The summed E-state index contributed by atoms with van der Waals surface area (Å²) in [5, 5.41) is 6.51. The fraction of sp³-hybridized carbons (Fsp3) is 0.318. The lowest BCUT2D eigenvalue weighted by atomic mass is 9.89. The van der Waals surface area contributed by atoms with E-state index in [1.54, 1.807) is 25.3 Å². The van der Waals surface area contributed by atoms with Crippen molar-refractivity contribution in [1.29, 1.82) is 0 Å². The molecule has 4 rings (SSSR count). The molecule has 0 aliphatic heterocycles. The van der Waals surface area contributed by atoms with E-state index in [1.165, 1.54) is 24.2 Å². The number of carbonyl (C=O) groups excluding carboxylic acids is 1. The van der Waals surface area contributed by atoms with Gasteiger partial charge in [-0.2, -0.15) is 0 Å². The molecule has 0 atom stereocenters. The average molecular weight is 441 g/mol. The molecule has 2 N–H and O–H groups in total. The second-order valence-corrected chi connectivity index (χ2v) is 9.67. The van der Waals surface area contributed by atoms with Gasteiger partial charge in [-0.25, -0.2) is 9.97 Å². The Morgan fingerprint density at radius 3 is 2.53 bits per heavy atom. The number of amides is 1. The van der Waals surface area contributed by atoms with Crippen LogP contribution in [0.1, 0.15) is 32.4 Å². The van der Waals surface area contributed by atoms with Crippen molar-refractivity contribution in [2.75, 3.05) is 17.1 Å². The lowest BCUT2D eigenvalue weighted by Crippen LogP contribution is -2.35. The number of methoxy groups -OCH3 is 1.